The predicted octanol–water partition coefficient (Wildman–Crippen LogP) is 3.04. The molecule has 0 radical (unpaired) electrons. The van der Waals surface area contributed by atoms with Crippen LogP contribution in [0.15, 0.2) is 46.5 Å². The second-order valence-electron chi connectivity index (χ2n) is 5.27. The molecule has 0 aliphatic carbocycles. The number of rotatable bonds is 4. The largest absolute Gasteiger partial charge is 0.250 e. The number of aliphatic imine (C=N–C) groups is 2. The first-order valence-corrected chi connectivity index (χ1v) is 7.26. The second kappa shape index (κ2) is 7.49. The number of hydrogen-bond donors (Lipinski definition) is 0. The molecule has 0 bridgehead atoms. The van der Waals surface area contributed by atoms with Gasteiger partial charge in [0.2, 0.25) is 0 Å². The fraction of sp³-hybridized carbons (Fsp3) is 0.294. The highest BCUT2D eigenvalue weighted by atomic mass is 14.9. The summed E-state index contributed by atoms with van der Waals surface area (Å²) in [5.41, 5.74) is 2.96. The first kappa shape index (κ1) is 16.6. The van der Waals surface area contributed by atoms with Gasteiger partial charge in [-0.2, -0.15) is 0 Å². The Hall–Kier alpha value is -2.76. The van der Waals surface area contributed by atoms with Gasteiger partial charge in [0.05, 0.1) is 0 Å². The highest BCUT2D eigenvalue weighted by molar-refractivity contribution is 5.84. The van der Waals surface area contributed by atoms with Crippen molar-refractivity contribution in [2.45, 2.75) is 33.6 Å². The minimum Gasteiger partial charge on any atom is -0.250 e. The summed E-state index contributed by atoms with van der Waals surface area (Å²) in [5.74, 6) is 2.03. The third kappa shape index (κ3) is 4.35. The highest BCUT2D eigenvalue weighted by Crippen LogP contribution is 2.30. The molecule has 0 unspecified atom stereocenters. The van der Waals surface area contributed by atoms with Gasteiger partial charge < -0.3 is 0 Å². The molecule has 6 heteroatoms. The molecule has 6 nitrogen and oxygen atoms in total. The first-order chi connectivity index (χ1) is 11.0. The SMILES string of the molecule is C=NC(C)=N/C=C(\C)C(c1cnc(C)nc1)c1cnc(C)nc1. The third-order valence-corrected chi connectivity index (χ3v) is 3.41. The smallest absolute Gasteiger partial charge is 0.125 e. The molecule has 2 aromatic rings. The van der Waals surface area contributed by atoms with Crippen LogP contribution in [0.2, 0.25) is 0 Å². The Balaban J connectivity index is 2.48. The van der Waals surface area contributed by atoms with Crippen LogP contribution in [0, 0.1) is 13.8 Å². The van der Waals surface area contributed by atoms with Crippen molar-refractivity contribution in [1.29, 1.82) is 0 Å². The highest BCUT2D eigenvalue weighted by Gasteiger charge is 2.18. The molecule has 2 heterocycles. The van der Waals surface area contributed by atoms with Crippen LogP contribution in [-0.4, -0.2) is 32.5 Å². The Morgan fingerprint density at radius 1 is 0.957 bits per heavy atom. The van der Waals surface area contributed by atoms with Crippen LogP contribution < -0.4 is 0 Å². The van der Waals surface area contributed by atoms with E-state index >= 15 is 0 Å². The van der Waals surface area contributed by atoms with E-state index < -0.39 is 0 Å². The van der Waals surface area contributed by atoms with E-state index in [4.69, 9.17) is 0 Å². The molecular formula is C17H20N6. The monoisotopic (exact) mass is 308 g/mol. The Kier molecular flexibility index (Phi) is 5.41. The first-order valence-electron chi connectivity index (χ1n) is 7.26. The quantitative estimate of drug-likeness (QED) is 0.642. The average Bonchev–Trinajstić information content (AvgIpc) is 2.56. The Labute approximate surface area is 136 Å². The van der Waals surface area contributed by atoms with Crippen molar-refractivity contribution in [3.05, 3.63) is 59.3 Å². The lowest BCUT2D eigenvalue weighted by Crippen LogP contribution is -2.06. The topological polar surface area (TPSA) is 76.3 Å². The lowest BCUT2D eigenvalue weighted by molar-refractivity contribution is 0.871. The third-order valence-electron chi connectivity index (χ3n) is 3.41. The number of amidine groups is 1. The van der Waals surface area contributed by atoms with E-state index in [0.29, 0.717) is 5.84 Å². The maximum Gasteiger partial charge on any atom is 0.125 e. The number of aromatic nitrogens is 4. The van der Waals surface area contributed by atoms with Crippen LogP contribution in [0.25, 0.3) is 0 Å². The summed E-state index contributed by atoms with van der Waals surface area (Å²) in [4.78, 5) is 25.3. The average molecular weight is 308 g/mol. The van der Waals surface area contributed by atoms with Gasteiger partial charge >= 0.3 is 0 Å². The van der Waals surface area contributed by atoms with E-state index in [-0.39, 0.29) is 5.92 Å². The molecule has 0 amide bonds. The van der Waals surface area contributed by atoms with Gasteiger partial charge in [-0.3, -0.25) is 0 Å². The van der Waals surface area contributed by atoms with Gasteiger partial charge in [0.1, 0.15) is 17.5 Å². The summed E-state index contributed by atoms with van der Waals surface area (Å²) in [6, 6.07) is 0. The molecule has 0 aromatic carbocycles. The van der Waals surface area contributed by atoms with Crippen molar-refractivity contribution >= 4 is 12.6 Å². The maximum absolute atomic E-state index is 4.29. The number of aryl methyl sites for hydroxylation is 2. The molecule has 0 atom stereocenters. The van der Waals surface area contributed by atoms with Gasteiger partial charge in [0.25, 0.3) is 0 Å². The molecule has 0 spiro atoms. The molecule has 0 saturated carbocycles. The summed E-state index contributed by atoms with van der Waals surface area (Å²) in [5, 5.41) is 0. The molecule has 23 heavy (non-hydrogen) atoms. The van der Waals surface area contributed by atoms with Crippen molar-refractivity contribution in [3.63, 3.8) is 0 Å². The standard InChI is InChI=1S/C17H20N6/c1-11(6-19-12(2)18-5)17(15-7-20-13(3)21-8-15)16-9-22-14(4)23-10-16/h6-10,17H,5H2,1-4H3/b11-6+,19-12?. The molecule has 0 N–H and O–H groups in total. The minimum atomic E-state index is -0.0578. The molecule has 0 aliphatic heterocycles. The zero-order chi connectivity index (χ0) is 16.8. The minimum absolute atomic E-state index is 0.0578. The van der Waals surface area contributed by atoms with Crippen LogP contribution in [0.1, 0.15) is 42.5 Å². The van der Waals surface area contributed by atoms with Gasteiger partial charge in [-0.25, -0.2) is 29.9 Å². The molecule has 0 aliphatic rings. The van der Waals surface area contributed by atoms with E-state index in [1.54, 1.807) is 13.1 Å². The molecular weight excluding hydrogens is 288 g/mol. The summed E-state index contributed by atoms with van der Waals surface area (Å²) < 4.78 is 0. The van der Waals surface area contributed by atoms with Gasteiger partial charge in [-0.05, 0) is 40.0 Å². The lowest BCUT2D eigenvalue weighted by atomic mass is 9.89. The summed E-state index contributed by atoms with van der Waals surface area (Å²) in [6.45, 7) is 11.0. The van der Waals surface area contributed by atoms with Crippen molar-refractivity contribution in [1.82, 2.24) is 19.9 Å². The van der Waals surface area contributed by atoms with Crippen LogP contribution in [0.4, 0.5) is 0 Å². The van der Waals surface area contributed by atoms with Gasteiger partial charge in [0, 0.05) is 48.0 Å². The van der Waals surface area contributed by atoms with Crippen molar-refractivity contribution < 1.29 is 0 Å². The van der Waals surface area contributed by atoms with Crippen LogP contribution >= 0.6 is 0 Å². The molecule has 2 aromatic heterocycles. The van der Waals surface area contributed by atoms with Gasteiger partial charge in [0.15, 0.2) is 0 Å². The Morgan fingerprint density at radius 2 is 1.39 bits per heavy atom. The van der Waals surface area contributed by atoms with E-state index in [1.165, 1.54) is 0 Å². The van der Waals surface area contributed by atoms with Gasteiger partial charge in [-0.1, -0.05) is 0 Å². The molecule has 0 fully saturated rings. The van der Waals surface area contributed by atoms with Crippen molar-refractivity contribution in [2.75, 3.05) is 0 Å². The van der Waals surface area contributed by atoms with E-state index in [1.807, 2.05) is 45.6 Å². The zero-order valence-corrected chi connectivity index (χ0v) is 13.9. The number of allylic oxidation sites excluding steroid dienone is 1. The van der Waals surface area contributed by atoms with E-state index in [0.717, 1.165) is 28.3 Å². The van der Waals surface area contributed by atoms with Crippen molar-refractivity contribution in [2.24, 2.45) is 9.98 Å². The fourth-order valence-electron chi connectivity index (χ4n) is 2.13. The van der Waals surface area contributed by atoms with Crippen molar-refractivity contribution in [3.8, 4) is 0 Å². The maximum atomic E-state index is 4.29. The van der Waals surface area contributed by atoms with Crippen LogP contribution in [0.5, 0.6) is 0 Å². The lowest BCUT2D eigenvalue weighted by Gasteiger charge is -2.17. The van der Waals surface area contributed by atoms with Crippen LogP contribution in [-0.2, 0) is 0 Å². The fourth-order valence-corrected chi connectivity index (χ4v) is 2.13. The normalized spacial score (nSPS) is 12.6. The zero-order valence-electron chi connectivity index (χ0n) is 13.9. The molecule has 118 valence electrons. The predicted molar refractivity (Wildman–Crippen MR) is 91.8 cm³/mol. The van der Waals surface area contributed by atoms with Gasteiger partial charge in [-0.15, -0.1) is 0 Å². The summed E-state index contributed by atoms with van der Waals surface area (Å²) in [7, 11) is 0. The summed E-state index contributed by atoms with van der Waals surface area (Å²) in [6.07, 6.45) is 9.09. The molecule has 2 rings (SSSR count). The summed E-state index contributed by atoms with van der Waals surface area (Å²) >= 11 is 0. The van der Waals surface area contributed by atoms with E-state index in [2.05, 4.69) is 36.6 Å². The number of nitrogens with zero attached hydrogens (tertiary/aromatic N) is 6. The van der Waals surface area contributed by atoms with E-state index in [9.17, 15) is 0 Å². The Morgan fingerprint density at radius 3 is 1.78 bits per heavy atom. The molecule has 0 saturated heterocycles. The number of hydrogen-bond acceptors (Lipinski definition) is 5. The van der Waals surface area contributed by atoms with Crippen LogP contribution in [0.3, 0.4) is 0 Å². The second-order valence-corrected chi connectivity index (χ2v) is 5.27. The Bertz CT molecular complexity index is 683.